The van der Waals surface area contributed by atoms with E-state index in [0.717, 1.165) is 9.87 Å². The van der Waals surface area contributed by atoms with Gasteiger partial charge in [0, 0.05) is 27.8 Å². The van der Waals surface area contributed by atoms with Crippen molar-refractivity contribution in [3.63, 3.8) is 0 Å². The molecule has 0 heterocycles. The topological polar surface area (TPSA) is 66.5 Å². The number of nitrogens with one attached hydrogen (secondary N) is 1. The summed E-state index contributed by atoms with van der Waals surface area (Å²) in [7, 11) is -4.04. The molecule has 10 heteroatoms. The summed E-state index contributed by atoms with van der Waals surface area (Å²) in [6, 6.07) is 15.8. The lowest BCUT2D eigenvalue weighted by Gasteiger charge is -2.23. The van der Waals surface area contributed by atoms with Gasteiger partial charge in [0.05, 0.1) is 21.5 Å². The van der Waals surface area contributed by atoms with E-state index in [4.69, 9.17) is 46.4 Å². The largest absolute Gasteiger partial charge is 0.325 e. The number of amides is 1. The number of benzene rings is 3. The Morgan fingerprint density at radius 1 is 0.875 bits per heavy atom. The minimum Gasteiger partial charge on any atom is -0.325 e. The molecule has 0 saturated heterocycles. The van der Waals surface area contributed by atoms with Gasteiger partial charge in [-0.15, -0.1) is 0 Å². The molecule has 168 valence electrons. The minimum atomic E-state index is -4.04. The van der Waals surface area contributed by atoms with E-state index in [2.05, 4.69) is 5.32 Å². The van der Waals surface area contributed by atoms with Gasteiger partial charge in [-0.2, -0.15) is 4.31 Å². The zero-order valence-corrected chi connectivity index (χ0v) is 20.6. The van der Waals surface area contributed by atoms with Gasteiger partial charge < -0.3 is 5.32 Å². The van der Waals surface area contributed by atoms with Crippen molar-refractivity contribution in [2.45, 2.75) is 18.4 Å². The van der Waals surface area contributed by atoms with Crippen molar-refractivity contribution in [2.24, 2.45) is 0 Å². The Hall–Kier alpha value is -1.80. The number of rotatable bonds is 7. The Morgan fingerprint density at radius 2 is 1.50 bits per heavy atom. The molecule has 3 aromatic carbocycles. The number of carbonyl (C=O) groups excluding carboxylic acids is 1. The highest BCUT2D eigenvalue weighted by molar-refractivity contribution is 7.89. The number of nitrogens with zero attached hydrogens (tertiary/aromatic N) is 1. The van der Waals surface area contributed by atoms with Gasteiger partial charge in [-0.1, -0.05) is 70.2 Å². The zero-order chi connectivity index (χ0) is 23.5. The summed E-state index contributed by atoms with van der Waals surface area (Å²) in [4.78, 5) is 12.8. The fourth-order valence-electron chi connectivity index (χ4n) is 2.88. The third-order valence-corrected chi connectivity index (χ3v) is 7.83. The van der Waals surface area contributed by atoms with Crippen LogP contribution in [0.15, 0.2) is 65.6 Å². The van der Waals surface area contributed by atoms with Gasteiger partial charge in [-0.25, -0.2) is 8.42 Å². The molecule has 0 aliphatic heterocycles. The minimum absolute atomic E-state index is 0.0496. The van der Waals surface area contributed by atoms with Gasteiger partial charge in [0.1, 0.15) is 0 Å². The highest BCUT2D eigenvalue weighted by Crippen LogP contribution is 2.29. The number of aryl methyl sites for hydroxylation is 1. The molecule has 1 N–H and O–H groups in total. The maximum Gasteiger partial charge on any atom is 0.243 e. The van der Waals surface area contributed by atoms with Crippen molar-refractivity contribution in [1.82, 2.24) is 4.31 Å². The molecule has 0 fully saturated rings. The van der Waals surface area contributed by atoms with Crippen LogP contribution in [0.3, 0.4) is 0 Å². The summed E-state index contributed by atoms with van der Waals surface area (Å²) in [6.45, 7) is 1.18. The Morgan fingerprint density at radius 3 is 2.09 bits per heavy atom. The number of hydrogen-bond acceptors (Lipinski definition) is 3. The molecular formula is C22H18Cl4N2O3S. The Labute approximate surface area is 206 Å². The van der Waals surface area contributed by atoms with Crippen LogP contribution in [0.25, 0.3) is 0 Å². The molecule has 0 atom stereocenters. The highest BCUT2D eigenvalue weighted by Gasteiger charge is 2.28. The van der Waals surface area contributed by atoms with E-state index in [1.165, 1.54) is 24.3 Å². The molecule has 0 aromatic heterocycles. The Bertz CT molecular complexity index is 1230. The molecule has 0 bridgehead atoms. The molecule has 0 radical (unpaired) electrons. The summed E-state index contributed by atoms with van der Waals surface area (Å²) in [6.07, 6.45) is 0. The molecule has 0 aliphatic carbocycles. The zero-order valence-electron chi connectivity index (χ0n) is 16.8. The number of hydrogen-bond donors (Lipinski definition) is 1. The maximum absolute atomic E-state index is 13.4. The first-order valence-corrected chi connectivity index (χ1v) is 12.3. The van der Waals surface area contributed by atoms with Crippen LogP contribution in [0, 0.1) is 6.92 Å². The van der Waals surface area contributed by atoms with Crippen LogP contribution >= 0.6 is 46.4 Å². The van der Waals surface area contributed by atoms with E-state index < -0.39 is 22.5 Å². The molecule has 32 heavy (non-hydrogen) atoms. The fourth-order valence-corrected chi connectivity index (χ4v) is 5.06. The molecule has 5 nitrogen and oxygen atoms in total. The van der Waals surface area contributed by atoms with Gasteiger partial charge in [0.2, 0.25) is 15.9 Å². The first-order valence-electron chi connectivity index (χ1n) is 9.32. The van der Waals surface area contributed by atoms with Crippen LogP contribution in [-0.4, -0.2) is 25.2 Å². The van der Waals surface area contributed by atoms with E-state index in [-0.39, 0.29) is 16.5 Å². The van der Waals surface area contributed by atoms with Gasteiger partial charge >= 0.3 is 0 Å². The Balaban J connectivity index is 1.93. The second-order valence-electron chi connectivity index (χ2n) is 6.96. The van der Waals surface area contributed by atoms with Crippen LogP contribution in [0.4, 0.5) is 5.69 Å². The number of sulfonamides is 1. The lowest BCUT2D eigenvalue weighted by Crippen LogP contribution is -2.37. The molecule has 0 spiro atoms. The maximum atomic E-state index is 13.4. The quantitative estimate of drug-likeness (QED) is 0.381. The summed E-state index contributed by atoms with van der Waals surface area (Å²) < 4.78 is 27.8. The predicted molar refractivity (Wildman–Crippen MR) is 130 cm³/mol. The molecule has 0 saturated carbocycles. The van der Waals surface area contributed by atoms with Crippen LogP contribution in [-0.2, 0) is 21.4 Å². The van der Waals surface area contributed by atoms with Crippen molar-refractivity contribution >= 4 is 68.0 Å². The molecule has 0 aliphatic rings. The normalized spacial score (nSPS) is 11.6. The predicted octanol–water partition coefficient (Wildman–Crippen LogP) is 6.44. The van der Waals surface area contributed by atoms with Crippen LogP contribution in [0.5, 0.6) is 0 Å². The van der Waals surface area contributed by atoms with Crippen molar-refractivity contribution in [3.05, 3.63) is 91.9 Å². The van der Waals surface area contributed by atoms with Gasteiger partial charge in [-0.05, 0) is 49.4 Å². The van der Waals surface area contributed by atoms with Crippen molar-refractivity contribution in [1.29, 1.82) is 0 Å². The molecule has 3 aromatic rings. The summed E-state index contributed by atoms with van der Waals surface area (Å²) >= 11 is 24.4. The smallest absolute Gasteiger partial charge is 0.243 e. The summed E-state index contributed by atoms with van der Waals surface area (Å²) in [5, 5.41) is 3.82. The van der Waals surface area contributed by atoms with Gasteiger partial charge in [-0.3, -0.25) is 4.79 Å². The second-order valence-corrected chi connectivity index (χ2v) is 10.5. The summed E-state index contributed by atoms with van der Waals surface area (Å²) in [5.41, 5.74) is 1.68. The standard InChI is InChI=1S/C22H18Cl4N2O3S/c1-14-5-8-16(9-6-14)32(30,31)28(12-17-18(23)3-2-4-19(17)24)13-22(29)27-15-7-10-20(25)21(26)11-15/h2-11H,12-13H2,1H3,(H,27,29). The Kier molecular flexibility index (Phi) is 8.09. The second kappa shape index (κ2) is 10.4. The van der Waals surface area contributed by atoms with Crippen molar-refractivity contribution < 1.29 is 13.2 Å². The third kappa shape index (κ3) is 5.95. The van der Waals surface area contributed by atoms with Crippen molar-refractivity contribution in [3.8, 4) is 0 Å². The fraction of sp³-hybridized carbons (Fsp3) is 0.136. The average Bonchev–Trinajstić information content (AvgIpc) is 2.73. The van der Waals surface area contributed by atoms with Crippen LogP contribution in [0.1, 0.15) is 11.1 Å². The first-order chi connectivity index (χ1) is 15.1. The SMILES string of the molecule is Cc1ccc(S(=O)(=O)N(CC(=O)Nc2ccc(Cl)c(Cl)c2)Cc2c(Cl)cccc2Cl)cc1. The van der Waals surface area contributed by atoms with E-state index >= 15 is 0 Å². The lowest BCUT2D eigenvalue weighted by molar-refractivity contribution is -0.116. The third-order valence-electron chi connectivity index (χ3n) is 4.58. The van der Waals surface area contributed by atoms with Gasteiger partial charge in [0.25, 0.3) is 0 Å². The number of halogens is 4. The monoisotopic (exact) mass is 530 g/mol. The van der Waals surface area contributed by atoms with Crippen molar-refractivity contribution in [2.75, 3.05) is 11.9 Å². The number of anilines is 1. The molecule has 1 amide bonds. The average molecular weight is 532 g/mol. The highest BCUT2D eigenvalue weighted by atomic mass is 35.5. The summed E-state index contributed by atoms with van der Waals surface area (Å²) in [5.74, 6) is -0.567. The van der Waals surface area contributed by atoms with E-state index in [1.54, 1.807) is 36.4 Å². The number of carbonyl (C=O) groups is 1. The van der Waals surface area contributed by atoms with E-state index in [1.807, 2.05) is 6.92 Å². The molecule has 3 rings (SSSR count). The van der Waals surface area contributed by atoms with Gasteiger partial charge in [0.15, 0.2) is 0 Å². The molecular weight excluding hydrogens is 514 g/mol. The first kappa shape index (κ1) is 24.8. The lowest BCUT2D eigenvalue weighted by atomic mass is 10.2. The van der Waals surface area contributed by atoms with Crippen LogP contribution < -0.4 is 5.32 Å². The van der Waals surface area contributed by atoms with Crippen LogP contribution in [0.2, 0.25) is 20.1 Å². The van der Waals surface area contributed by atoms with E-state index in [9.17, 15) is 13.2 Å². The molecule has 0 unspecified atom stereocenters. The van der Waals surface area contributed by atoms with E-state index in [0.29, 0.717) is 26.3 Å².